The average Bonchev–Trinajstić information content (AvgIpc) is 3.32. The summed E-state index contributed by atoms with van der Waals surface area (Å²) >= 11 is 0. The van der Waals surface area contributed by atoms with E-state index in [1.54, 1.807) is 26.0 Å². The Morgan fingerprint density at radius 1 is 0.625 bits per heavy atom. The first-order chi connectivity index (χ1) is 34.0. The highest BCUT2D eigenvalue weighted by Gasteiger charge is 2.35. The first-order valence-electron chi connectivity index (χ1n) is 23.8. The lowest BCUT2D eigenvalue weighted by Crippen LogP contribution is -2.60. The van der Waals surface area contributed by atoms with Gasteiger partial charge >= 0.3 is 5.97 Å². The van der Waals surface area contributed by atoms with Gasteiger partial charge in [0.25, 0.3) is 11.6 Å². The zero-order chi connectivity index (χ0) is 54.1. The van der Waals surface area contributed by atoms with Crippen LogP contribution in [0.2, 0.25) is 0 Å². The van der Waals surface area contributed by atoms with Gasteiger partial charge in [-0.2, -0.15) is 0 Å². The fourth-order valence-corrected chi connectivity index (χ4v) is 7.09. The fraction of sp³-hybridized carbons (Fsp3) is 0.532. The molecule has 2 aromatic carbocycles. The minimum absolute atomic E-state index is 0.0386. The second-order valence-corrected chi connectivity index (χ2v) is 17.5. The van der Waals surface area contributed by atoms with Gasteiger partial charge in [-0.1, -0.05) is 77.6 Å². The molecule has 396 valence electrons. The van der Waals surface area contributed by atoms with Crippen molar-refractivity contribution in [2.24, 2.45) is 28.1 Å². The number of amides is 8. The number of nitrogen functional groups attached to an aromatic ring is 1. The van der Waals surface area contributed by atoms with Crippen molar-refractivity contribution in [3.63, 3.8) is 0 Å². The Morgan fingerprint density at radius 3 is 1.68 bits per heavy atom. The second kappa shape index (κ2) is 30.7. The quantitative estimate of drug-likeness (QED) is 0.0114. The molecule has 0 aromatic heterocycles. The average molecular weight is 1010 g/mol. The van der Waals surface area contributed by atoms with Crippen LogP contribution >= 0.6 is 0 Å². The molecule has 0 spiro atoms. The molecule has 25 heteroatoms. The Kier molecular flexibility index (Phi) is 25.7. The molecular weight excluding hydrogens is 939 g/mol. The van der Waals surface area contributed by atoms with E-state index in [9.17, 15) is 58.4 Å². The van der Waals surface area contributed by atoms with Crippen molar-refractivity contribution in [3.8, 4) is 0 Å². The summed E-state index contributed by atoms with van der Waals surface area (Å²) in [6, 6.07) is 1.97. The first-order valence-corrected chi connectivity index (χ1v) is 23.8. The number of unbranched alkanes of at least 4 members (excludes halogenated alkanes) is 2. The number of anilines is 1. The Balaban J connectivity index is 2.46. The number of nitro groups is 1. The van der Waals surface area contributed by atoms with E-state index in [0.717, 1.165) is 0 Å². The van der Waals surface area contributed by atoms with E-state index < -0.39 is 119 Å². The number of rotatable bonds is 32. The van der Waals surface area contributed by atoms with Gasteiger partial charge in [0, 0.05) is 37.2 Å². The van der Waals surface area contributed by atoms with E-state index in [4.69, 9.17) is 22.9 Å². The number of aliphatic carboxylic acids is 1. The topological polar surface area (TPSA) is 418 Å². The summed E-state index contributed by atoms with van der Waals surface area (Å²) in [4.78, 5) is 135. The highest BCUT2D eigenvalue weighted by atomic mass is 16.6. The maximum absolute atomic E-state index is 14.3. The highest BCUT2D eigenvalue weighted by Crippen LogP contribution is 2.16. The normalized spacial score (nSPS) is 13.8. The van der Waals surface area contributed by atoms with E-state index in [0.29, 0.717) is 31.2 Å². The van der Waals surface area contributed by atoms with Crippen LogP contribution in [-0.2, 0) is 44.8 Å². The molecule has 25 nitrogen and oxygen atoms in total. The van der Waals surface area contributed by atoms with Crippen molar-refractivity contribution < 1.29 is 53.2 Å². The van der Waals surface area contributed by atoms with E-state index in [1.165, 1.54) is 43.3 Å². The third-order valence-corrected chi connectivity index (χ3v) is 11.3. The summed E-state index contributed by atoms with van der Waals surface area (Å²) in [7, 11) is 0. The molecule has 16 N–H and O–H groups in total. The molecule has 72 heavy (non-hydrogen) atoms. The maximum Gasteiger partial charge on any atom is 0.303 e. The van der Waals surface area contributed by atoms with Crippen LogP contribution in [0.3, 0.4) is 0 Å². The minimum Gasteiger partial charge on any atom is -0.481 e. The second-order valence-electron chi connectivity index (χ2n) is 17.5. The monoisotopic (exact) mass is 1010 g/mol. The smallest absolute Gasteiger partial charge is 0.303 e. The van der Waals surface area contributed by atoms with Crippen molar-refractivity contribution in [3.05, 3.63) is 69.8 Å². The van der Waals surface area contributed by atoms with Crippen molar-refractivity contribution in [1.82, 2.24) is 37.2 Å². The number of benzene rings is 2. The summed E-state index contributed by atoms with van der Waals surface area (Å²) in [5.41, 5.74) is 22.7. The van der Waals surface area contributed by atoms with Crippen molar-refractivity contribution in [2.45, 2.75) is 148 Å². The van der Waals surface area contributed by atoms with Crippen LogP contribution in [0.15, 0.2) is 53.5 Å². The zero-order valence-corrected chi connectivity index (χ0v) is 41.4. The van der Waals surface area contributed by atoms with Gasteiger partial charge in [-0.3, -0.25) is 58.3 Å². The number of carbonyl (C=O) groups is 9. The molecule has 8 amide bonds. The summed E-state index contributed by atoms with van der Waals surface area (Å²) in [6.07, 6.45) is 1.37. The molecule has 0 aliphatic carbocycles. The van der Waals surface area contributed by atoms with E-state index in [1.807, 2.05) is 13.8 Å². The number of carboxylic acid groups (broad SMARTS) is 1. The molecule has 0 bridgehead atoms. The molecule has 2 aromatic rings. The van der Waals surface area contributed by atoms with Gasteiger partial charge in [0.1, 0.15) is 42.3 Å². The highest BCUT2D eigenvalue weighted by molar-refractivity contribution is 6.02. The first kappa shape index (κ1) is 60.3. The molecule has 0 heterocycles. The molecule has 0 fully saturated rings. The molecule has 0 aliphatic rings. The van der Waals surface area contributed by atoms with Gasteiger partial charge in [-0.25, -0.2) is 0 Å². The Morgan fingerprint density at radius 2 is 1.12 bits per heavy atom. The van der Waals surface area contributed by atoms with E-state index >= 15 is 0 Å². The SMILES string of the molecule is CCCC[C@H](NC(=O)[C@H](C)NC(=O)[C@H](CCC(=O)O)NC(=O)[C@H](Cc1ccc([N+](=O)[O-])cc1)NC(=O)[C@H](CCCC)NC(=O)[C@@H](NC(=O)[C@H](CCCN=C(N)N)NC(=O)c1ccccc1N)C(C)C)C(N)=O. The summed E-state index contributed by atoms with van der Waals surface area (Å²) in [5.74, 6) is -8.71. The number of hydrogen-bond donors (Lipinski definition) is 12. The Bertz CT molecular complexity index is 2240. The van der Waals surface area contributed by atoms with Crippen LogP contribution in [0, 0.1) is 16.0 Å². The van der Waals surface area contributed by atoms with Gasteiger partial charge < -0.3 is 65.3 Å². The molecule has 0 aliphatic heterocycles. The van der Waals surface area contributed by atoms with Crippen LogP contribution < -0.4 is 60.2 Å². The molecule has 7 atom stereocenters. The van der Waals surface area contributed by atoms with Gasteiger partial charge in [0.2, 0.25) is 41.4 Å². The Hall–Kier alpha value is -7.86. The van der Waals surface area contributed by atoms with Crippen LogP contribution in [0.5, 0.6) is 0 Å². The Labute approximate surface area is 417 Å². The standard InChI is InChI=1S/C47H71N13O12/c1-6-8-15-32(39(49)63)54-40(64)27(5)53-42(66)35(22-23-37(61)62)56-45(69)36(25-28-18-20-29(21-19-28)60(71)72)58-43(67)33(16-9-7-2)57-46(70)38(26(3)4)59-44(68)34(17-12-24-52-47(50)51)55-41(65)30-13-10-11-14-31(30)48/h10-11,13-14,18-21,26-27,32-36,38H,6-9,12,15-17,22-25,48H2,1-5H3,(H2,49,63)(H,53,66)(H,54,64)(H,55,65)(H,56,69)(H,57,70)(H,58,67)(H,59,68)(H,61,62)(H4,50,51,52)/t27-,32-,33-,34-,35-,36-,38-/m0/s1. The number of hydrogen-bond acceptors (Lipinski definition) is 13. The molecular formula is C47H71N13O12. The molecule has 0 unspecified atom stereocenters. The van der Waals surface area contributed by atoms with Crippen LogP contribution in [0.1, 0.15) is 115 Å². The summed E-state index contributed by atoms with van der Waals surface area (Å²) in [6.45, 7) is 8.41. The number of nitrogens with zero attached hydrogens (tertiary/aromatic N) is 2. The van der Waals surface area contributed by atoms with E-state index in [2.05, 4.69) is 42.2 Å². The van der Waals surface area contributed by atoms with Gasteiger partial charge in [0.15, 0.2) is 5.96 Å². The lowest BCUT2D eigenvalue weighted by molar-refractivity contribution is -0.384. The number of nitro benzene ring substituents is 1. The molecule has 0 saturated heterocycles. The number of aliphatic imine (C=N–C) groups is 1. The van der Waals surface area contributed by atoms with Crippen molar-refractivity contribution >= 4 is 70.6 Å². The summed E-state index contributed by atoms with van der Waals surface area (Å²) in [5, 5.41) is 38.9. The van der Waals surface area contributed by atoms with Crippen molar-refractivity contribution in [1.29, 1.82) is 0 Å². The lowest BCUT2D eigenvalue weighted by atomic mass is 10.00. The molecule has 2 rings (SSSR count). The van der Waals surface area contributed by atoms with Crippen LogP contribution in [0.4, 0.5) is 11.4 Å². The molecule has 0 radical (unpaired) electrons. The van der Waals surface area contributed by atoms with Gasteiger partial charge in [-0.05, 0) is 62.6 Å². The lowest BCUT2D eigenvalue weighted by Gasteiger charge is -2.29. The predicted molar refractivity (Wildman–Crippen MR) is 266 cm³/mol. The minimum atomic E-state index is -1.59. The number of carbonyl (C=O) groups excluding carboxylic acids is 8. The number of para-hydroxylation sites is 1. The van der Waals surface area contributed by atoms with Gasteiger partial charge in [-0.15, -0.1) is 0 Å². The maximum atomic E-state index is 14.3. The largest absolute Gasteiger partial charge is 0.481 e. The number of primary amides is 1. The third-order valence-electron chi connectivity index (χ3n) is 11.3. The number of carboxylic acids is 1. The zero-order valence-electron chi connectivity index (χ0n) is 41.4. The fourth-order valence-electron chi connectivity index (χ4n) is 7.09. The summed E-state index contributed by atoms with van der Waals surface area (Å²) < 4.78 is 0. The van der Waals surface area contributed by atoms with E-state index in [-0.39, 0.29) is 61.5 Å². The number of non-ortho nitro benzene ring substituents is 1. The molecule has 0 saturated carbocycles. The predicted octanol–water partition coefficient (Wildman–Crippen LogP) is -0.113. The van der Waals surface area contributed by atoms with Gasteiger partial charge in [0.05, 0.1) is 10.5 Å². The number of nitrogens with two attached hydrogens (primary N) is 4. The number of nitrogens with one attached hydrogen (secondary N) is 7. The van der Waals surface area contributed by atoms with Crippen LogP contribution in [-0.4, -0.2) is 118 Å². The van der Waals surface area contributed by atoms with Crippen molar-refractivity contribution in [2.75, 3.05) is 12.3 Å². The van der Waals surface area contributed by atoms with Crippen LogP contribution in [0.25, 0.3) is 0 Å². The number of guanidine groups is 1. The third kappa shape index (κ3) is 21.0.